The lowest BCUT2D eigenvalue weighted by molar-refractivity contribution is 0.0971. The maximum atomic E-state index is 5.94. The summed E-state index contributed by atoms with van der Waals surface area (Å²) in [4.78, 5) is 7.01. The largest absolute Gasteiger partial charge is 0.486 e. The zero-order chi connectivity index (χ0) is 17.2. The third-order valence-corrected chi connectivity index (χ3v) is 3.98. The minimum Gasteiger partial charge on any atom is -0.486 e. The molecule has 6 nitrogen and oxygen atoms in total. The van der Waals surface area contributed by atoms with Crippen molar-refractivity contribution in [3.8, 4) is 11.5 Å². The number of halogens is 1. The van der Waals surface area contributed by atoms with Crippen LogP contribution in [-0.2, 0) is 0 Å². The quantitative estimate of drug-likeness (QED) is 0.353. The van der Waals surface area contributed by atoms with E-state index in [1.165, 1.54) is 0 Å². The molecule has 25 heavy (non-hydrogen) atoms. The van der Waals surface area contributed by atoms with Crippen LogP contribution in [0.3, 0.4) is 0 Å². The van der Waals surface area contributed by atoms with Gasteiger partial charge in [0.2, 0.25) is 0 Å². The molecule has 2 N–H and O–H groups in total. The van der Waals surface area contributed by atoms with Gasteiger partial charge in [0, 0.05) is 19.6 Å². The van der Waals surface area contributed by atoms with Crippen molar-refractivity contribution >= 4 is 29.9 Å². The van der Waals surface area contributed by atoms with Crippen molar-refractivity contribution in [2.24, 2.45) is 4.99 Å². The molecule has 1 aromatic carbocycles. The van der Waals surface area contributed by atoms with Crippen LogP contribution in [0.25, 0.3) is 0 Å². The molecule has 0 bridgehead atoms. The monoisotopic (exact) mass is 462 g/mol. The standard InChI is InChI=1S/C18H30N4O2.HI/c1-4-19-18(20-11-12-22(5-2)6-3)21-13-15-14-23-16-9-7-8-10-17(16)24-15;/h7-10,15H,4-6,11-14H2,1-3H3,(H2,19,20,21);1H. The molecule has 142 valence electrons. The van der Waals surface area contributed by atoms with Gasteiger partial charge in [0.25, 0.3) is 0 Å². The Balaban J connectivity index is 0.00000312. The van der Waals surface area contributed by atoms with Gasteiger partial charge in [-0.3, -0.25) is 0 Å². The average molecular weight is 462 g/mol. The van der Waals surface area contributed by atoms with Crippen molar-refractivity contribution in [1.29, 1.82) is 0 Å². The summed E-state index contributed by atoms with van der Waals surface area (Å²) in [6, 6.07) is 7.75. The smallest absolute Gasteiger partial charge is 0.191 e. The maximum Gasteiger partial charge on any atom is 0.191 e. The minimum atomic E-state index is -0.0573. The van der Waals surface area contributed by atoms with Crippen molar-refractivity contribution in [3.05, 3.63) is 24.3 Å². The molecule has 0 amide bonds. The van der Waals surface area contributed by atoms with Gasteiger partial charge in [-0.15, -0.1) is 24.0 Å². The molecule has 1 aliphatic heterocycles. The third kappa shape index (κ3) is 7.27. The molecule has 1 aliphatic rings. The summed E-state index contributed by atoms with van der Waals surface area (Å²) < 4.78 is 11.7. The number of aliphatic imine (C=N–C) groups is 1. The van der Waals surface area contributed by atoms with E-state index in [4.69, 9.17) is 9.47 Å². The first-order valence-electron chi connectivity index (χ1n) is 8.89. The van der Waals surface area contributed by atoms with Crippen LogP contribution in [-0.4, -0.2) is 62.8 Å². The number of para-hydroxylation sites is 2. The van der Waals surface area contributed by atoms with E-state index < -0.39 is 0 Å². The number of ether oxygens (including phenoxy) is 2. The highest BCUT2D eigenvalue weighted by atomic mass is 127. The van der Waals surface area contributed by atoms with Gasteiger partial charge >= 0.3 is 0 Å². The second kappa shape index (κ2) is 12.2. The lowest BCUT2D eigenvalue weighted by atomic mass is 10.2. The number of guanidine groups is 1. The predicted molar refractivity (Wildman–Crippen MR) is 114 cm³/mol. The number of hydrogen-bond acceptors (Lipinski definition) is 4. The molecule has 0 saturated heterocycles. The van der Waals surface area contributed by atoms with Gasteiger partial charge in [-0.2, -0.15) is 0 Å². The number of nitrogens with one attached hydrogen (secondary N) is 2. The van der Waals surface area contributed by atoms with Crippen molar-refractivity contribution in [1.82, 2.24) is 15.5 Å². The molecule has 1 atom stereocenters. The number of hydrogen-bond donors (Lipinski definition) is 2. The predicted octanol–water partition coefficient (Wildman–Crippen LogP) is 2.34. The van der Waals surface area contributed by atoms with Gasteiger partial charge < -0.3 is 25.0 Å². The second-order valence-corrected chi connectivity index (χ2v) is 5.67. The van der Waals surface area contributed by atoms with E-state index in [0.717, 1.165) is 50.2 Å². The van der Waals surface area contributed by atoms with E-state index in [1.54, 1.807) is 0 Å². The number of rotatable bonds is 8. The van der Waals surface area contributed by atoms with Crippen LogP contribution in [0, 0.1) is 0 Å². The summed E-state index contributed by atoms with van der Waals surface area (Å²) in [6.45, 7) is 12.4. The number of fused-ring (bicyclic) bond motifs is 1. The lowest BCUT2D eigenvalue weighted by Gasteiger charge is -2.25. The Kier molecular flexibility index (Phi) is 10.6. The van der Waals surface area contributed by atoms with E-state index >= 15 is 0 Å². The summed E-state index contributed by atoms with van der Waals surface area (Å²) in [7, 11) is 0. The lowest BCUT2D eigenvalue weighted by Crippen LogP contribution is -2.42. The van der Waals surface area contributed by atoms with Crippen LogP contribution < -0.4 is 20.1 Å². The number of nitrogens with zero attached hydrogens (tertiary/aromatic N) is 2. The Hall–Kier alpha value is -1.22. The first-order valence-corrected chi connectivity index (χ1v) is 8.89. The SMILES string of the molecule is CCNC(=NCC1COc2ccccc2O1)NCCN(CC)CC.I. The van der Waals surface area contributed by atoms with Gasteiger partial charge in [-0.1, -0.05) is 26.0 Å². The number of benzene rings is 1. The molecule has 0 aliphatic carbocycles. The van der Waals surface area contributed by atoms with Crippen molar-refractivity contribution in [3.63, 3.8) is 0 Å². The van der Waals surface area contributed by atoms with Crippen LogP contribution >= 0.6 is 24.0 Å². The highest BCUT2D eigenvalue weighted by molar-refractivity contribution is 14.0. The van der Waals surface area contributed by atoms with Crippen molar-refractivity contribution < 1.29 is 9.47 Å². The molecule has 0 radical (unpaired) electrons. The minimum absolute atomic E-state index is 0. The van der Waals surface area contributed by atoms with Gasteiger partial charge in [-0.25, -0.2) is 4.99 Å². The topological polar surface area (TPSA) is 58.1 Å². The molecular weight excluding hydrogens is 431 g/mol. The molecule has 1 aromatic rings. The normalized spacial score (nSPS) is 16.3. The Morgan fingerprint density at radius 2 is 1.88 bits per heavy atom. The molecule has 0 aromatic heterocycles. The zero-order valence-corrected chi connectivity index (χ0v) is 17.8. The van der Waals surface area contributed by atoms with Gasteiger partial charge in [-0.05, 0) is 32.1 Å². The van der Waals surface area contributed by atoms with E-state index in [9.17, 15) is 0 Å². The Bertz CT molecular complexity index is 524. The summed E-state index contributed by atoms with van der Waals surface area (Å²) in [5, 5.41) is 6.65. The van der Waals surface area contributed by atoms with E-state index in [-0.39, 0.29) is 30.1 Å². The summed E-state index contributed by atoms with van der Waals surface area (Å²) >= 11 is 0. The molecule has 2 rings (SSSR count). The highest BCUT2D eigenvalue weighted by Crippen LogP contribution is 2.30. The molecule has 0 spiro atoms. The van der Waals surface area contributed by atoms with Gasteiger partial charge in [0.1, 0.15) is 6.61 Å². The molecule has 0 saturated carbocycles. The maximum absolute atomic E-state index is 5.94. The summed E-state index contributed by atoms with van der Waals surface area (Å²) in [5.41, 5.74) is 0. The first kappa shape index (κ1) is 21.8. The van der Waals surface area contributed by atoms with E-state index in [0.29, 0.717) is 13.2 Å². The van der Waals surface area contributed by atoms with Crippen LogP contribution in [0.4, 0.5) is 0 Å². The summed E-state index contributed by atoms with van der Waals surface area (Å²) in [6.07, 6.45) is -0.0573. The van der Waals surface area contributed by atoms with Gasteiger partial charge in [0.15, 0.2) is 23.6 Å². The van der Waals surface area contributed by atoms with Crippen molar-refractivity contribution in [2.75, 3.05) is 45.9 Å². The average Bonchev–Trinajstić information content (AvgIpc) is 2.63. The van der Waals surface area contributed by atoms with E-state index in [2.05, 4.69) is 41.3 Å². The zero-order valence-electron chi connectivity index (χ0n) is 15.5. The Labute approximate surface area is 168 Å². The summed E-state index contributed by atoms with van der Waals surface area (Å²) in [5.74, 6) is 2.43. The Morgan fingerprint density at radius 3 is 2.56 bits per heavy atom. The molecule has 7 heteroatoms. The van der Waals surface area contributed by atoms with Gasteiger partial charge in [0.05, 0.1) is 6.54 Å². The molecule has 1 heterocycles. The molecule has 0 fully saturated rings. The second-order valence-electron chi connectivity index (χ2n) is 5.67. The fourth-order valence-corrected chi connectivity index (χ4v) is 2.56. The van der Waals surface area contributed by atoms with Crippen LogP contribution in [0.5, 0.6) is 11.5 Å². The van der Waals surface area contributed by atoms with Crippen LogP contribution in [0.2, 0.25) is 0 Å². The van der Waals surface area contributed by atoms with E-state index in [1.807, 2.05) is 24.3 Å². The molecule has 1 unspecified atom stereocenters. The van der Waals surface area contributed by atoms with Crippen LogP contribution in [0.15, 0.2) is 29.3 Å². The fourth-order valence-electron chi connectivity index (χ4n) is 2.56. The third-order valence-electron chi connectivity index (χ3n) is 3.98. The highest BCUT2D eigenvalue weighted by Gasteiger charge is 2.20. The first-order chi connectivity index (χ1) is 11.8. The van der Waals surface area contributed by atoms with Crippen molar-refractivity contribution in [2.45, 2.75) is 26.9 Å². The van der Waals surface area contributed by atoms with Crippen LogP contribution in [0.1, 0.15) is 20.8 Å². The number of likely N-dealkylation sites (N-methyl/N-ethyl adjacent to an activating group) is 1. The molecular formula is C18H31IN4O2. The Morgan fingerprint density at radius 1 is 1.16 bits per heavy atom. The fraction of sp³-hybridized carbons (Fsp3) is 0.611.